The average Bonchev–Trinajstić information content (AvgIpc) is 2.30. The van der Waals surface area contributed by atoms with Gasteiger partial charge in [-0.05, 0) is 31.5 Å². The Balaban J connectivity index is 2.16. The Bertz CT molecular complexity index is 356. The molecule has 0 aliphatic carbocycles. The quantitative estimate of drug-likeness (QED) is 0.721. The molecule has 2 rings (SSSR count). The van der Waals surface area contributed by atoms with Gasteiger partial charge in [-0.2, -0.15) is 0 Å². The summed E-state index contributed by atoms with van der Waals surface area (Å²) >= 11 is 0. The van der Waals surface area contributed by atoms with E-state index in [9.17, 15) is 9.90 Å². The van der Waals surface area contributed by atoms with Gasteiger partial charge in [0.05, 0.1) is 5.56 Å². The van der Waals surface area contributed by atoms with Crippen LogP contribution in [0.25, 0.3) is 0 Å². The van der Waals surface area contributed by atoms with E-state index in [1.807, 2.05) is 0 Å². The van der Waals surface area contributed by atoms with E-state index >= 15 is 0 Å². The molecular formula is C12H15NO2. The van der Waals surface area contributed by atoms with Gasteiger partial charge in [0, 0.05) is 12.5 Å². The Morgan fingerprint density at radius 3 is 2.87 bits per heavy atom. The van der Waals surface area contributed by atoms with Crippen LogP contribution in [0, 0.1) is 5.92 Å². The number of aromatic hydroxyl groups is 1. The summed E-state index contributed by atoms with van der Waals surface area (Å²) < 4.78 is 0. The van der Waals surface area contributed by atoms with Crippen LogP contribution in [0.15, 0.2) is 24.3 Å². The number of benzene rings is 1. The summed E-state index contributed by atoms with van der Waals surface area (Å²) in [5.74, 6) is 0.167. The smallest absolute Gasteiger partial charge is 0.170 e. The first kappa shape index (κ1) is 10.2. The van der Waals surface area contributed by atoms with E-state index in [0.29, 0.717) is 5.56 Å². The van der Waals surface area contributed by atoms with Crippen molar-refractivity contribution in [2.75, 3.05) is 13.1 Å². The minimum Gasteiger partial charge on any atom is -0.507 e. The summed E-state index contributed by atoms with van der Waals surface area (Å²) in [7, 11) is 0. The van der Waals surface area contributed by atoms with Crippen molar-refractivity contribution in [3.8, 4) is 5.75 Å². The molecule has 1 aliphatic heterocycles. The molecule has 0 aromatic heterocycles. The zero-order valence-electron chi connectivity index (χ0n) is 8.57. The first-order valence-electron chi connectivity index (χ1n) is 5.32. The highest BCUT2D eigenvalue weighted by Gasteiger charge is 2.23. The zero-order valence-corrected chi connectivity index (χ0v) is 8.57. The number of carbonyl (C=O) groups is 1. The lowest BCUT2D eigenvalue weighted by molar-refractivity contribution is 0.0897. The van der Waals surface area contributed by atoms with E-state index in [1.54, 1.807) is 24.3 Å². The van der Waals surface area contributed by atoms with Crippen LogP contribution in [-0.4, -0.2) is 24.0 Å². The predicted octanol–water partition coefficient (Wildman–Crippen LogP) is 1.57. The molecule has 1 aliphatic rings. The van der Waals surface area contributed by atoms with Crippen LogP contribution in [0.2, 0.25) is 0 Å². The number of piperidine rings is 1. The molecule has 15 heavy (non-hydrogen) atoms. The third kappa shape index (κ3) is 2.18. The molecule has 1 aromatic carbocycles. The SMILES string of the molecule is O=C(c1ccccc1O)C1CCCNC1. The fourth-order valence-electron chi connectivity index (χ4n) is 1.98. The van der Waals surface area contributed by atoms with Gasteiger partial charge in [-0.3, -0.25) is 4.79 Å². The number of carbonyl (C=O) groups excluding carboxylic acids is 1. The average molecular weight is 205 g/mol. The Kier molecular flexibility index (Phi) is 3.02. The third-order valence-corrected chi connectivity index (χ3v) is 2.84. The van der Waals surface area contributed by atoms with Crippen LogP contribution in [-0.2, 0) is 0 Å². The normalized spacial score (nSPS) is 21.2. The highest BCUT2D eigenvalue weighted by Crippen LogP contribution is 2.22. The number of phenols is 1. The molecular weight excluding hydrogens is 190 g/mol. The first-order chi connectivity index (χ1) is 7.29. The molecule has 0 spiro atoms. The minimum atomic E-state index is 0.0204. The molecule has 3 nitrogen and oxygen atoms in total. The van der Waals surface area contributed by atoms with Crippen molar-refractivity contribution in [2.45, 2.75) is 12.8 Å². The molecule has 1 aromatic rings. The zero-order chi connectivity index (χ0) is 10.7. The van der Waals surface area contributed by atoms with E-state index in [0.717, 1.165) is 25.9 Å². The summed E-state index contributed by atoms with van der Waals surface area (Å²) in [4.78, 5) is 12.0. The molecule has 1 heterocycles. The fraction of sp³-hybridized carbons (Fsp3) is 0.417. The maximum Gasteiger partial charge on any atom is 0.170 e. The fourth-order valence-corrected chi connectivity index (χ4v) is 1.98. The van der Waals surface area contributed by atoms with E-state index < -0.39 is 0 Å². The van der Waals surface area contributed by atoms with Gasteiger partial charge < -0.3 is 10.4 Å². The van der Waals surface area contributed by atoms with Gasteiger partial charge in [-0.25, -0.2) is 0 Å². The Hall–Kier alpha value is -1.35. The van der Waals surface area contributed by atoms with Gasteiger partial charge >= 0.3 is 0 Å². The summed E-state index contributed by atoms with van der Waals surface area (Å²) in [6.07, 6.45) is 1.95. The van der Waals surface area contributed by atoms with Crippen LogP contribution >= 0.6 is 0 Å². The van der Waals surface area contributed by atoms with Crippen LogP contribution in [0.3, 0.4) is 0 Å². The summed E-state index contributed by atoms with van der Waals surface area (Å²) in [6.45, 7) is 1.72. The second kappa shape index (κ2) is 4.45. The van der Waals surface area contributed by atoms with Gasteiger partial charge in [0.15, 0.2) is 5.78 Å². The molecule has 0 saturated carbocycles. The molecule has 1 saturated heterocycles. The largest absolute Gasteiger partial charge is 0.507 e. The summed E-state index contributed by atoms with van der Waals surface area (Å²) in [6, 6.07) is 6.75. The van der Waals surface area contributed by atoms with E-state index in [2.05, 4.69) is 5.32 Å². The Labute approximate surface area is 89.1 Å². The van der Waals surface area contributed by atoms with Gasteiger partial charge in [0.1, 0.15) is 5.75 Å². The number of hydrogen-bond acceptors (Lipinski definition) is 3. The molecule has 0 bridgehead atoms. The van der Waals surface area contributed by atoms with Gasteiger partial charge in [0.25, 0.3) is 0 Å². The highest BCUT2D eigenvalue weighted by atomic mass is 16.3. The molecule has 1 unspecified atom stereocenters. The molecule has 1 fully saturated rings. The number of para-hydroxylation sites is 1. The van der Waals surface area contributed by atoms with Crippen molar-refractivity contribution in [1.82, 2.24) is 5.32 Å². The number of rotatable bonds is 2. The van der Waals surface area contributed by atoms with Crippen molar-refractivity contribution in [3.63, 3.8) is 0 Å². The molecule has 2 N–H and O–H groups in total. The van der Waals surface area contributed by atoms with E-state index in [1.165, 1.54) is 0 Å². The minimum absolute atomic E-state index is 0.0204. The topological polar surface area (TPSA) is 49.3 Å². The number of nitrogens with one attached hydrogen (secondary N) is 1. The molecule has 1 atom stereocenters. The Morgan fingerprint density at radius 2 is 2.20 bits per heavy atom. The number of ketones is 1. The van der Waals surface area contributed by atoms with Gasteiger partial charge in [-0.15, -0.1) is 0 Å². The second-order valence-electron chi connectivity index (χ2n) is 3.92. The lowest BCUT2D eigenvalue weighted by Gasteiger charge is -2.21. The van der Waals surface area contributed by atoms with Crippen LogP contribution in [0.1, 0.15) is 23.2 Å². The number of Topliss-reactive ketones (excluding diaryl/α,β-unsaturated/α-hetero) is 1. The summed E-state index contributed by atoms with van der Waals surface area (Å²) in [5, 5.41) is 12.8. The standard InChI is InChI=1S/C12H15NO2/c14-11-6-2-1-5-10(11)12(15)9-4-3-7-13-8-9/h1-2,5-6,9,13-14H,3-4,7-8H2. The Morgan fingerprint density at radius 1 is 1.40 bits per heavy atom. The highest BCUT2D eigenvalue weighted by molar-refractivity contribution is 6.00. The van der Waals surface area contributed by atoms with E-state index in [4.69, 9.17) is 0 Å². The molecule has 80 valence electrons. The van der Waals surface area contributed by atoms with Crippen molar-refractivity contribution in [1.29, 1.82) is 0 Å². The van der Waals surface area contributed by atoms with E-state index in [-0.39, 0.29) is 17.5 Å². The second-order valence-corrected chi connectivity index (χ2v) is 3.92. The first-order valence-corrected chi connectivity index (χ1v) is 5.32. The lowest BCUT2D eigenvalue weighted by atomic mass is 9.90. The summed E-state index contributed by atoms with van der Waals surface area (Å²) in [5.41, 5.74) is 0.450. The monoisotopic (exact) mass is 205 g/mol. The van der Waals surface area contributed by atoms with Crippen molar-refractivity contribution < 1.29 is 9.90 Å². The maximum atomic E-state index is 12.0. The van der Waals surface area contributed by atoms with Crippen molar-refractivity contribution in [2.24, 2.45) is 5.92 Å². The maximum absolute atomic E-state index is 12.0. The number of phenolic OH excluding ortho intramolecular Hbond substituents is 1. The van der Waals surface area contributed by atoms with Crippen LogP contribution in [0.5, 0.6) is 5.75 Å². The predicted molar refractivity (Wildman–Crippen MR) is 58.0 cm³/mol. The van der Waals surface area contributed by atoms with Crippen molar-refractivity contribution >= 4 is 5.78 Å². The van der Waals surface area contributed by atoms with Gasteiger partial charge in [0.2, 0.25) is 0 Å². The van der Waals surface area contributed by atoms with Crippen molar-refractivity contribution in [3.05, 3.63) is 29.8 Å². The molecule has 3 heteroatoms. The molecule has 0 amide bonds. The van der Waals surface area contributed by atoms with Crippen LogP contribution in [0.4, 0.5) is 0 Å². The van der Waals surface area contributed by atoms with Crippen LogP contribution < -0.4 is 5.32 Å². The number of hydrogen-bond donors (Lipinski definition) is 2. The lowest BCUT2D eigenvalue weighted by Crippen LogP contribution is -2.34. The third-order valence-electron chi connectivity index (χ3n) is 2.84. The molecule has 0 radical (unpaired) electrons. The van der Waals surface area contributed by atoms with Gasteiger partial charge in [-0.1, -0.05) is 12.1 Å².